The second kappa shape index (κ2) is 20.6. The third-order valence-electron chi connectivity index (χ3n) is 18.6. The topological polar surface area (TPSA) is 200 Å². The van der Waals surface area contributed by atoms with Gasteiger partial charge in [0.25, 0.3) is 11.8 Å². The average molecular weight is 1090 g/mol. The van der Waals surface area contributed by atoms with E-state index in [2.05, 4.69) is 46.0 Å². The monoisotopic (exact) mass is 1090 g/mol. The predicted molar refractivity (Wildman–Crippen MR) is 293 cm³/mol. The first-order valence-corrected chi connectivity index (χ1v) is 28.2. The lowest BCUT2D eigenvalue weighted by molar-refractivity contribution is -0.136. The highest BCUT2D eigenvalue weighted by atomic mass is 19.1. The van der Waals surface area contributed by atoms with Crippen molar-refractivity contribution in [2.24, 2.45) is 0 Å². The predicted octanol–water partition coefficient (Wildman–Crippen LogP) is 4.27. The molecule has 0 saturated carbocycles. The summed E-state index contributed by atoms with van der Waals surface area (Å²) >= 11 is 0. The van der Waals surface area contributed by atoms with Crippen LogP contribution in [0.25, 0.3) is 32.9 Å². The molecule has 19 nitrogen and oxygen atoms in total. The molecule has 2 bridgehead atoms. The number of nitrogens with one attached hydrogen (secondary N) is 2. The standard InChI is InChI=1S/C59H64F2N12O7/c1-3-41-46(60)10-5-34-25-40(74)27-44(50(34)41)52-51(61)53-45(28-62-52)54(71-29-35-6-7-36(30-71)63-35)66-58(65-53)80-33-59-16-4-18-72(59)39(13-17-59)31-67(2)49(76)32-68-21-23-70(24-22-68)37-14-19-69(20-15-37)38-8-9-42-43(26-38)57(79)73(56(42)78)47-11-12-48(75)64-55(47)77/h1,5,8-10,25-28,35-37,39,47,63,74H,4,6-7,11-24,29-33H2,2H3,(H,64,75,77)/t35?,36?,39-,47?,59+/m0/s1. The maximum atomic E-state index is 17.3. The van der Waals surface area contributed by atoms with E-state index in [1.807, 2.05) is 18.0 Å². The molecule has 416 valence electrons. The number of carbonyl (C=O) groups is 5. The molecule has 80 heavy (non-hydrogen) atoms. The Morgan fingerprint density at radius 2 is 1.65 bits per heavy atom. The molecule has 5 amide bonds. The van der Waals surface area contributed by atoms with Gasteiger partial charge in [0.05, 0.1) is 34.2 Å². The van der Waals surface area contributed by atoms with Gasteiger partial charge in [-0.2, -0.15) is 9.97 Å². The number of phenols is 1. The van der Waals surface area contributed by atoms with Crippen LogP contribution >= 0.6 is 0 Å². The van der Waals surface area contributed by atoms with Gasteiger partial charge in [-0.1, -0.05) is 12.0 Å². The van der Waals surface area contributed by atoms with Crippen LogP contribution < -0.4 is 25.2 Å². The van der Waals surface area contributed by atoms with Crippen LogP contribution in [0.15, 0.2) is 48.7 Å². The molecule has 10 heterocycles. The van der Waals surface area contributed by atoms with E-state index in [0.717, 1.165) is 108 Å². The average Bonchev–Trinajstić information content (AvgIpc) is 4.36. The molecule has 0 aliphatic carbocycles. The number of likely N-dealkylation sites (N-methyl/N-ethyl adjacent to an activating group) is 1. The fourth-order valence-electron chi connectivity index (χ4n) is 14.4. The minimum absolute atomic E-state index is 0.000861. The molecule has 8 aliphatic rings. The molecule has 0 radical (unpaired) electrons. The summed E-state index contributed by atoms with van der Waals surface area (Å²) in [4.78, 5) is 93.8. The number of fused-ring (bicyclic) bond motifs is 6. The van der Waals surface area contributed by atoms with Gasteiger partial charge in [-0.25, -0.2) is 8.78 Å². The van der Waals surface area contributed by atoms with Gasteiger partial charge < -0.3 is 29.9 Å². The Hall–Kier alpha value is -7.38. The molecule has 13 rings (SSSR count). The molecule has 21 heteroatoms. The van der Waals surface area contributed by atoms with E-state index < -0.39 is 41.3 Å². The summed E-state index contributed by atoms with van der Waals surface area (Å²) in [7, 11) is 1.90. The first-order valence-electron chi connectivity index (χ1n) is 28.2. The molecule has 0 spiro atoms. The second-order valence-electron chi connectivity index (χ2n) is 23.2. The van der Waals surface area contributed by atoms with E-state index in [9.17, 15) is 29.1 Å². The van der Waals surface area contributed by atoms with Gasteiger partial charge in [-0.05, 0) is 106 Å². The molecule has 5 atom stereocenters. The molecule has 2 aromatic heterocycles. The molecular weight excluding hydrogens is 1030 g/mol. The van der Waals surface area contributed by atoms with Crippen LogP contribution in [-0.4, -0.2) is 195 Å². The third-order valence-corrected chi connectivity index (χ3v) is 18.6. The third kappa shape index (κ3) is 9.23. The smallest absolute Gasteiger partial charge is 0.319 e. The van der Waals surface area contributed by atoms with Gasteiger partial charge >= 0.3 is 6.01 Å². The number of imide groups is 2. The fourth-order valence-corrected chi connectivity index (χ4v) is 14.4. The normalized spacial score (nSPS) is 25.6. The number of anilines is 2. The van der Waals surface area contributed by atoms with Gasteiger partial charge in [-0.15, -0.1) is 6.42 Å². The lowest BCUT2D eigenvalue weighted by atomic mass is 9.95. The zero-order chi connectivity index (χ0) is 55.1. The number of halogens is 2. The van der Waals surface area contributed by atoms with E-state index in [0.29, 0.717) is 48.8 Å². The Labute approximate surface area is 461 Å². The number of aromatic nitrogens is 3. The van der Waals surface area contributed by atoms with Crippen molar-refractivity contribution in [1.82, 2.24) is 50.1 Å². The number of benzene rings is 3. The van der Waals surface area contributed by atoms with Crippen molar-refractivity contribution in [2.45, 2.75) is 100.0 Å². The van der Waals surface area contributed by atoms with Crippen molar-refractivity contribution >= 4 is 62.7 Å². The summed E-state index contributed by atoms with van der Waals surface area (Å²) < 4.78 is 39.1. The number of ether oxygens (including phenoxy) is 1. The molecule has 3 N–H and O–H groups in total. The number of pyridine rings is 1. The summed E-state index contributed by atoms with van der Waals surface area (Å²) in [5.74, 6) is -0.581. The van der Waals surface area contributed by atoms with Crippen LogP contribution in [0.2, 0.25) is 0 Å². The summed E-state index contributed by atoms with van der Waals surface area (Å²) in [5, 5.41) is 17.8. The largest absolute Gasteiger partial charge is 0.508 e. The second-order valence-corrected chi connectivity index (χ2v) is 23.2. The number of aromatic hydroxyl groups is 1. The Bertz CT molecular complexity index is 3420. The highest BCUT2D eigenvalue weighted by molar-refractivity contribution is 6.23. The lowest BCUT2D eigenvalue weighted by Gasteiger charge is -2.43. The maximum Gasteiger partial charge on any atom is 0.319 e. The number of hydrogen-bond acceptors (Lipinski definition) is 16. The lowest BCUT2D eigenvalue weighted by Crippen LogP contribution is -2.55. The van der Waals surface area contributed by atoms with Crippen molar-refractivity contribution in [3.63, 3.8) is 0 Å². The van der Waals surface area contributed by atoms with Crippen molar-refractivity contribution < 1.29 is 42.6 Å². The van der Waals surface area contributed by atoms with Crippen LogP contribution in [0, 0.1) is 24.0 Å². The SMILES string of the molecule is C#Cc1c(F)ccc2cc(O)cc(-c3ncc4c(N5CC6CCC(C5)N6)nc(OC[C@]56CCCN5[C@H](CN(C)C(=O)CN5CCN(C7CCN(c8ccc9c(c8)C(=O)N(C8CCC(=O)NC8=O)C9=O)CC7)CC5)CC6)nc4c3F)c12. The van der Waals surface area contributed by atoms with E-state index in [1.165, 1.54) is 24.3 Å². The summed E-state index contributed by atoms with van der Waals surface area (Å²) in [6.45, 7) is 8.29. The van der Waals surface area contributed by atoms with E-state index in [1.54, 1.807) is 18.3 Å². The van der Waals surface area contributed by atoms with Gasteiger partial charge in [0.1, 0.15) is 41.2 Å². The van der Waals surface area contributed by atoms with E-state index in [-0.39, 0.29) is 99.6 Å². The first kappa shape index (κ1) is 52.0. The minimum Gasteiger partial charge on any atom is -0.508 e. The van der Waals surface area contributed by atoms with Crippen LogP contribution in [0.3, 0.4) is 0 Å². The minimum atomic E-state index is -1.00. The molecule has 7 fully saturated rings. The number of carbonyl (C=O) groups excluding carboxylic acids is 5. The van der Waals surface area contributed by atoms with Crippen LogP contribution in [0.5, 0.6) is 11.8 Å². The van der Waals surface area contributed by atoms with Gasteiger partial charge in [-0.3, -0.25) is 53.9 Å². The number of rotatable bonds is 12. The quantitative estimate of drug-likeness (QED) is 0.118. The van der Waals surface area contributed by atoms with E-state index in [4.69, 9.17) is 21.1 Å². The number of terminal acetylenes is 1. The van der Waals surface area contributed by atoms with Gasteiger partial charge in [0.15, 0.2) is 5.82 Å². The summed E-state index contributed by atoms with van der Waals surface area (Å²) in [6.07, 6.45) is 15.1. The fraction of sp³-hybridized carbons (Fsp3) is 0.492. The molecule has 5 aromatic rings. The number of hydrogen-bond donors (Lipinski definition) is 3. The molecule has 8 aliphatic heterocycles. The van der Waals surface area contributed by atoms with Crippen LogP contribution in [-0.2, 0) is 14.4 Å². The Kier molecular flexibility index (Phi) is 13.4. The first-order chi connectivity index (χ1) is 38.7. The van der Waals surface area contributed by atoms with Crippen LogP contribution in [0.4, 0.5) is 20.3 Å². The highest BCUT2D eigenvalue weighted by Gasteiger charge is 2.51. The zero-order valence-electron chi connectivity index (χ0n) is 44.8. The van der Waals surface area contributed by atoms with Crippen molar-refractivity contribution in [3.05, 3.63) is 77.0 Å². The van der Waals surface area contributed by atoms with Crippen molar-refractivity contribution in [1.29, 1.82) is 0 Å². The molecule has 3 aromatic carbocycles. The Morgan fingerprint density at radius 3 is 2.41 bits per heavy atom. The number of nitrogens with zero attached hydrogens (tertiary/aromatic N) is 10. The number of phenolic OH excluding ortho intramolecular Hbond substituents is 1. The van der Waals surface area contributed by atoms with E-state index >= 15 is 8.78 Å². The van der Waals surface area contributed by atoms with Gasteiger partial charge in [0, 0.05) is 119 Å². The Morgan fingerprint density at radius 1 is 0.875 bits per heavy atom. The number of piperidine rings is 2. The number of piperazine rings is 2. The van der Waals surface area contributed by atoms with Gasteiger partial charge in [0.2, 0.25) is 17.7 Å². The Balaban J connectivity index is 0.631. The summed E-state index contributed by atoms with van der Waals surface area (Å²) in [6, 6.07) is 10.9. The highest BCUT2D eigenvalue weighted by Crippen LogP contribution is 2.44. The van der Waals surface area contributed by atoms with Crippen molar-refractivity contribution in [2.75, 3.05) is 95.4 Å². The number of amides is 5. The molecule has 3 unspecified atom stereocenters. The molecular formula is C59H64F2N12O7. The van der Waals surface area contributed by atoms with Crippen LogP contribution in [0.1, 0.15) is 90.5 Å². The zero-order valence-corrected chi connectivity index (χ0v) is 44.8. The van der Waals surface area contributed by atoms with Crippen molar-refractivity contribution in [3.8, 4) is 35.4 Å². The summed E-state index contributed by atoms with van der Waals surface area (Å²) in [5.41, 5.74) is 1.06. The maximum absolute atomic E-state index is 17.3. The molecule has 7 saturated heterocycles.